The van der Waals surface area contributed by atoms with Crippen molar-refractivity contribution in [2.24, 2.45) is 22.7 Å². The van der Waals surface area contributed by atoms with Gasteiger partial charge in [0, 0.05) is 18.9 Å². The number of rotatable bonds is 1. The highest BCUT2D eigenvalue weighted by molar-refractivity contribution is 5.93. The summed E-state index contributed by atoms with van der Waals surface area (Å²) in [4.78, 5) is 11.7. The maximum atomic E-state index is 11.7. The van der Waals surface area contributed by atoms with Crippen LogP contribution in [0.25, 0.3) is 0 Å². The van der Waals surface area contributed by atoms with Gasteiger partial charge >= 0.3 is 0 Å². The first kappa shape index (κ1) is 13.5. The third-order valence-corrected chi connectivity index (χ3v) is 8.10. The van der Waals surface area contributed by atoms with Gasteiger partial charge in [0.2, 0.25) is 0 Å². The Balaban J connectivity index is 1.60. The fourth-order valence-corrected chi connectivity index (χ4v) is 7.06. The summed E-state index contributed by atoms with van der Waals surface area (Å²) in [5.41, 5.74) is 5.68. The Morgan fingerprint density at radius 3 is 2.91 bits per heavy atom. The van der Waals surface area contributed by atoms with Crippen LogP contribution in [0.5, 0.6) is 0 Å². The highest BCUT2D eigenvalue weighted by Gasteiger charge is 2.76. The van der Waals surface area contributed by atoms with Crippen LogP contribution in [0.2, 0.25) is 0 Å². The molecule has 0 heterocycles. The van der Waals surface area contributed by atoms with E-state index in [4.69, 9.17) is 4.74 Å². The molecule has 0 amide bonds. The van der Waals surface area contributed by atoms with E-state index >= 15 is 0 Å². The molecule has 0 N–H and O–H groups in total. The van der Waals surface area contributed by atoms with Gasteiger partial charge in [-0.2, -0.15) is 0 Å². The van der Waals surface area contributed by atoms with Gasteiger partial charge in [-0.25, -0.2) is 0 Å². The van der Waals surface area contributed by atoms with Gasteiger partial charge in [-0.1, -0.05) is 12.5 Å². The van der Waals surface area contributed by atoms with E-state index in [0.29, 0.717) is 22.7 Å². The minimum atomic E-state index is 0.348. The standard InChI is InChI=1S/C20H26O2/c1-19-8-7-16-15-5-4-14(21)9-12(15)3-6-17(16)20(19)11-13(20)10-18(19)22-2/h9,13,17-18H,3-8,10-11H2,1-2H3/t13-,17+,18-,19+,20+/m0/s1. The third kappa shape index (κ3) is 1.39. The zero-order chi connectivity index (χ0) is 15.1. The second-order valence-electron chi connectivity index (χ2n) is 8.55. The van der Waals surface area contributed by atoms with Crippen LogP contribution in [0.3, 0.4) is 0 Å². The van der Waals surface area contributed by atoms with E-state index in [1.807, 2.05) is 13.2 Å². The van der Waals surface area contributed by atoms with Crippen molar-refractivity contribution in [3.63, 3.8) is 0 Å². The lowest BCUT2D eigenvalue weighted by molar-refractivity contribution is -0.114. The van der Waals surface area contributed by atoms with Gasteiger partial charge < -0.3 is 4.74 Å². The lowest BCUT2D eigenvalue weighted by Crippen LogP contribution is -2.46. The van der Waals surface area contributed by atoms with Crippen molar-refractivity contribution < 1.29 is 9.53 Å². The molecule has 0 aromatic carbocycles. The number of carbonyl (C=O) groups is 1. The molecule has 0 saturated heterocycles. The quantitative estimate of drug-likeness (QED) is 0.725. The molecule has 0 aromatic heterocycles. The van der Waals surface area contributed by atoms with Crippen LogP contribution < -0.4 is 0 Å². The van der Waals surface area contributed by atoms with Gasteiger partial charge in [0.25, 0.3) is 0 Å². The minimum Gasteiger partial charge on any atom is -0.381 e. The molecule has 0 aromatic rings. The number of methoxy groups -OCH3 is 1. The minimum absolute atomic E-state index is 0.348. The lowest BCUT2D eigenvalue weighted by Gasteiger charge is -2.51. The van der Waals surface area contributed by atoms with Crippen molar-refractivity contribution in [2.45, 2.75) is 64.4 Å². The molecule has 3 fully saturated rings. The number of fused-ring (bicyclic) bond motifs is 2. The maximum Gasteiger partial charge on any atom is 0.156 e. The number of carbonyl (C=O) groups excluding carboxylic acids is 1. The number of hydrogen-bond acceptors (Lipinski definition) is 2. The van der Waals surface area contributed by atoms with Crippen molar-refractivity contribution in [3.8, 4) is 0 Å². The fraction of sp³-hybridized carbons (Fsp3) is 0.750. The van der Waals surface area contributed by atoms with Gasteiger partial charge in [0.1, 0.15) is 0 Å². The maximum absolute atomic E-state index is 11.7. The molecule has 0 aliphatic heterocycles. The summed E-state index contributed by atoms with van der Waals surface area (Å²) in [6, 6.07) is 0. The molecular formula is C20H26O2. The van der Waals surface area contributed by atoms with Crippen LogP contribution in [0.15, 0.2) is 22.8 Å². The highest BCUT2D eigenvalue weighted by Crippen LogP contribution is 2.81. The highest BCUT2D eigenvalue weighted by atomic mass is 16.5. The third-order valence-electron chi connectivity index (χ3n) is 8.10. The van der Waals surface area contributed by atoms with Crippen LogP contribution in [0, 0.1) is 22.7 Å². The van der Waals surface area contributed by atoms with Crippen molar-refractivity contribution in [1.29, 1.82) is 0 Å². The smallest absolute Gasteiger partial charge is 0.156 e. The molecule has 0 bridgehead atoms. The van der Waals surface area contributed by atoms with Gasteiger partial charge in [-0.3, -0.25) is 4.79 Å². The molecule has 5 atom stereocenters. The summed E-state index contributed by atoms with van der Waals surface area (Å²) < 4.78 is 5.91. The molecule has 3 saturated carbocycles. The first-order valence-corrected chi connectivity index (χ1v) is 9.08. The van der Waals surface area contributed by atoms with E-state index in [1.165, 1.54) is 37.7 Å². The predicted molar refractivity (Wildman–Crippen MR) is 85.4 cm³/mol. The normalized spacial score (nSPS) is 49.1. The van der Waals surface area contributed by atoms with E-state index < -0.39 is 0 Å². The molecule has 0 unspecified atom stereocenters. The first-order valence-electron chi connectivity index (χ1n) is 9.08. The number of hydrogen-bond donors (Lipinski definition) is 0. The largest absolute Gasteiger partial charge is 0.381 e. The van der Waals surface area contributed by atoms with Gasteiger partial charge in [-0.05, 0) is 79.4 Å². The molecule has 22 heavy (non-hydrogen) atoms. The average molecular weight is 298 g/mol. The second-order valence-corrected chi connectivity index (χ2v) is 8.55. The Kier molecular flexibility index (Phi) is 2.55. The molecule has 1 spiro atoms. The molecule has 118 valence electrons. The van der Waals surface area contributed by atoms with E-state index in [2.05, 4.69) is 6.92 Å². The second kappa shape index (κ2) is 4.14. The molecule has 0 radical (unpaired) electrons. The number of allylic oxidation sites excluding steroid dienone is 4. The van der Waals surface area contributed by atoms with Crippen LogP contribution >= 0.6 is 0 Å². The van der Waals surface area contributed by atoms with E-state index in [0.717, 1.165) is 31.1 Å². The summed E-state index contributed by atoms with van der Waals surface area (Å²) in [5.74, 6) is 2.04. The van der Waals surface area contributed by atoms with E-state index in [1.54, 1.807) is 11.1 Å². The van der Waals surface area contributed by atoms with Crippen LogP contribution in [0.1, 0.15) is 58.3 Å². The van der Waals surface area contributed by atoms with E-state index in [-0.39, 0.29) is 0 Å². The van der Waals surface area contributed by atoms with E-state index in [9.17, 15) is 4.79 Å². The SMILES string of the molecule is CO[C@H]1C[C@H]2C[C@]23[C@@H]2CCC4=CC(=O)CCC4=C2CC[C@]13C. The summed E-state index contributed by atoms with van der Waals surface area (Å²) in [5, 5.41) is 0. The van der Waals surface area contributed by atoms with Crippen molar-refractivity contribution in [2.75, 3.05) is 7.11 Å². The Morgan fingerprint density at radius 2 is 2.09 bits per heavy atom. The number of ketones is 1. The molecule has 5 aliphatic carbocycles. The molecule has 2 heteroatoms. The van der Waals surface area contributed by atoms with Crippen molar-refractivity contribution in [1.82, 2.24) is 0 Å². The Labute approximate surface area is 133 Å². The topological polar surface area (TPSA) is 26.3 Å². The Morgan fingerprint density at radius 1 is 1.23 bits per heavy atom. The number of ether oxygens (including phenoxy) is 1. The van der Waals surface area contributed by atoms with Gasteiger partial charge in [0.15, 0.2) is 5.78 Å². The molecular weight excluding hydrogens is 272 g/mol. The summed E-state index contributed by atoms with van der Waals surface area (Å²) in [6.07, 6.45) is 11.9. The van der Waals surface area contributed by atoms with Gasteiger partial charge in [-0.15, -0.1) is 0 Å². The van der Waals surface area contributed by atoms with Crippen LogP contribution in [-0.2, 0) is 9.53 Å². The molecule has 5 aliphatic rings. The van der Waals surface area contributed by atoms with Crippen molar-refractivity contribution >= 4 is 5.78 Å². The monoisotopic (exact) mass is 298 g/mol. The lowest BCUT2D eigenvalue weighted by atomic mass is 9.54. The zero-order valence-corrected chi connectivity index (χ0v) is 13.8. The predicted octanol–water partition coefficient (Wildman–Crippen LogP) is 4.21. The Bertz CT molecular complexity index is 628. The first-order chi connectivity index (χ1) is 10.6. The van der Waals surface area contributed by atoms with Crippen LogP contribution in [0.4, 0.5) is 0 Å². The summed E-state index contributed by atoms with van der Waals surface area (Å²) >= 11 is 0. The van der Waals surface area contributed by atoms with Gasteiger partial charge in [0.05, 0.1) is 6.10 Å². The summed E-state index contributed by atoms with van der Waals surface area (Å²) in [6.45, 7) is 2.52. The zero-order valence-electron chi connectivity index (χ0n) is 13.8. The van der Waals surface area contributed by atoms with Crippen LogP contribution in [-0.4, -0.2) is 19.0 Å². The average Bonchev–Trinajstić information content (AvgIpc) is 3.17. The summed E-state index contributed by atoms with van der Waals surface area (Å²) in [7, 11) is 1.91. The Hall–Kier alpha value is -0.890. The molecule has 2 nitrogen and oxygen atoms in total. The molecule has 5 rings (SSSR count). The van der Waals surface area contributed by atoms with Crippen molar-refractivity contribution in [3.05, 3.63) is 22.8 Å². The fourth-order valence-electron chi connectivity index (χ4n) is 7.06.